The summed E-state index contributed by atoms with van der Waals surface area (Å²) in [6, 6.07) is 15.0. The molecule has 0 atom stereocenters. The van der Waals surface area contributed by atoms with Gasteiger partial charge in [0.05, 0.1) is 7.11 Å². The lowest BCUT2D eigenvalue weighted by atomic mass is 10.0. The highest BCUT2D eigenvalue weighted by atomic mass is 16.5. The van der Waals surface area contributed by atoms with Crippen molar-refractivity contribution in [3.8, 4) is 5.75 Å². The predicted molar refractivity (Wildman–Crippen MR) is 87.0 cm³/mol. The molecule has 2 aromatic carbocycles. The van der Waals surface area contributed by atoms with Gasteiger partial charge in [0.15, 0.2) is 0 Å². The van der Waals surface area contributed by atoms with Gasteiger partial charge in [0.25, 0.3) is 0 Å². The number of nitrogens with one attached hydrogen (secondary N) is 2. The maximum atomic E-state index is 5.18. The van der Waals surface area contributed by atoms with Crippen molar-refractivity contribution in [2.45, 2.75) is 19.4 Å². The molecule has 0 unspecified atom stereocenters. The second-order valence-electron chi connectivity index (χ2n) is 5.44. The standard InChI is InChI=1S/C18H22N2O/c1-21-18-6-2-14(3-7-18)8-11-20-17-5-4-16-13-19-10-9-15(16)12-17/h2-7,12,19-20H,8-11,13H2,1H3. The van der Waals surface area contributed by atoms with E-state index in [-0.39, 0.29) is 0 Å². The third-order valence-electron chi connectivity index (χ3n) is 3.99. The molecule has 2 N–H and O–H groups in total. The summed E-state index contributed by atoms with van der Waals surface area (Å²) in [7, 11) is 1.70. The van der Waals surface area contributed by atoms with E-state index in [1.54, 1.807) is 7.11 Å². The van der Waals surface area contributed by atoms with Gasteiger partial charge in [-0.25, -0.2) is 0 Å². The minimum Gasteiger partial charge on any atom is -0.497 e. The van der Waals surface area contributed by atoms with Gasteiger partial charge in [-0.1, -0.05) is 18.2 Å². The quantitative estimate of drug-likeness (QED) is 0.884. The molecule has 0 saturated carbocycles. The minimum absolute atomic E-state index is 0.912. The second kappa shape index (κ2) is 6.64. The molecule has 0 fully saturated rings. The molecule has 0 spiro atoms. The monoisotopic (exact) mass is 282 g/mol. The number of hydrogen-bond acceptors (Lipinski definition) is 3. The molecule has 0 saturated heterocycles. The maximum Gasteiger partial charge on any atom is 0.118 e. The van der Waals surface area contributed by atoms with E-state index in [1.165, 1.54) is 22.4 Å². The molecule has 3 rings (SSSR count). The molecule has 1 aliphatic heterocycles. The molecule has 110 valence electrons. The molecule has 0 aliphatic carbocycles. The van der Waals surface area contributed by atoms with Crippen LogP contribution in [0.5, 0.6) is 5.75 Å². The summed E-state index contributed by atoms with van der Waals surface area (Å²) in [5, 5.41) is 6.92. The number of anilines is 1. The topological polar surface area (TPSA) is 33.3 Å². The summed E-state index contributed by atoms with van der Waals surface area (Å²) in [6.07, 6.45) is 2.14. The van der Waals surface area contributed by atoms with Crippen molar-refractivity contribution < 1.29 is 4.74 Å². The Morgan fingerprint density at radius 3 is 2.76 bits per heavy atom. The summed E-state index contributed by atoms with van der Waals surface area (Å²) in [5.74, 6) is 0.912. The van der Waals surface area contributed by atoms with Gasteiger partial charge < -0.3 is 15.4 Å². The van der Waals surface area contributed by atoms with E-state index >= 15 is 0 Å². The van der Waals surface area contributed by atoms with Crippen LogP contribution in [0.15, 0.2) is 42.5 Å². The first-order chi connectivity index (χ1) is 10.3. The molecule has 0 radical (unpaired) electrons. The third kappa shape index (κ3) is 3.56. The van der Waals surface area contributed by atoms with Gasteiger partial charge in [0.2, 0.25) is 0 Å². The fraction of sp³-hybridized carbons (Fsp3) is 0.333. The van der Waals surface area contributed by atoms with Crippen LogP contribution in [-0.2, 0) is 19.4 Å². The zero-order chi connectivity index (χ0) is 14.5. The number of hydrogen-bond donors (Lipinski definition) is 2. The van der Waals surface area contributed by atoms with Crippen molar-refractivity contribution in [1.82, 2.24) is 5.32 Å². The van der Waals surface area contributed by atoms with Gasteiger partial charge in [-0.05, 0) is 60.3 Å². The van der Waals surface area contributed by atoms with Crippen LogP contribution in [0.1, 0.15) is 16.7 Å². The van der Waals surface area contributed by atoms with E-state index in [4.69, 9.17) is 4.74 Å². The van der Waals surface area contributed by atoms with E-state index in [2.05, 4.69) is 41.0 Å². The van der Waals surface area contributed by atoms with Crippen molar-refractivity contribution in [1.29, 1.82) is 0 Å². The Balaban J connectivity index is 1.55. The van der Waals surface area contributed by atoms with Crippen LogP contribution in [0, 0.1) is 0 Å². The van der Waals surface area contributed by atoms with Gasteiger partial charge in [-0.15, -0.1) is 0 Å². The highest BCUT2D eigenvalue weighted by molar-refractivity contribution is 5.49. The Hall–Kier alpha value is -2.00. The highest BCUT2D eigenvalue weighted by Gasteiger charge is 2.08. The van der Waals surface area contributed by atoms with Crippen molar-refractivity contribution in [2.24, 2.45) is 0 Å². The van der Waals surface area contributed by atoms with Crippen molar-refractivity contribution in [3.05, 3.63) is 59.2 Å². The predicted octanol–water partition coefficient (Wildman–Crippen LogP) is 3.00. The van der Waals surface area contributed by atoms with E-state index in [0.717, 1.165) is 38.2 Å². The van der Waals surface area contributed by atoms with Crippen molar-refractivity contribution in [3.63, 3.8) is 0 Å². The summed E-state index contributed by atoms with van der Waals surface area (Å²) >= 11 is 0. The summed E-state index contributed by atoms with van der Waals surface area (Å²) in [5.41, 5.74) is 5.46. The second-order valence-corrected chi connectivity index (χ2v) is 5.44. The zero-order valence-corrected chi connectivity index (χ0v) is 12.5. The van der Waals surface area contributed by atoms with Crippen LogP contribution in [-0.4, -0.2) is 20.2 Å². The number of rotatable bonds is 5. The Bertz CT molecular complexity index is 593. The molecular weight excluding hydrogens is 260 g/mol. The average molecular weight is 282 g/mol. The van der Waals surface area contributed by atoms with Crippen LogP contribution in [0.25, 0.3) is 0 Å². The molecule has 0 amide bonds. The van der Waals surface area contributed by atoms with E-state index in [1.807, 2.05) is 12.1 Å². The largest absolute Gasteiger partial charge is 0.497 e. The number of ether oxygens (including phenoxy) is 1. The van der Waals surface area contributed by atoms with Crippen LogP contribution in [0.3, 0.4) is 0 Å². The lowest BCUT2D eigenvalue weighted by Crippen LogP contribution is -2.23. The van der Waals surface area contributed by atoms with E-state index < -0.39 is 0 Å². The normalized spacial score (nSPS) is 13.6. The minimum atomic E-state index is 0.912. The molecule has 0 bridgehead atoms. The molecular formula is C18H22N2O. The van der Waals surface area contributed by atoms with E-state index in [9.17, 15) is 0 Å². The summed E-state index contributed by atoms with van der Waals surface area (Å²) in [6.45, 7) is 3.03. The molecule has 3 nitrogen and oxygen atoms in total. The first-order valence-corrected chi connectivity index (χ1v) is 7.54. The van der Waals surface area contributed by atoms with E-state index in [0.29, 0.717) is 0 Å². The molecule has 2 aromatic rings. The van der Waals surface area contributed by atoms with Crippen LogP contribution < -0.4 is 15.4 Å². The van der Waals surface area contributed by atoms with Crippen LogP contribution in [0.4, 0.5) is 5.69 Å². The van der Waals surface area contributed by atoms with Gasteiger partial charge in [-0.3, -0.25) is 0 Å². The molecule has 21 heavy (non-hydrogen) atoms. The first kappa shape index (κ1) is 14.0. The van der Waals surface area contributed by atoms with Crippen LogP contribution in [0.2, 0.25) is 0 Å². The maximum absolute atomic E-state index is 5.18. The van der Waals surface area contributed by atoms with Crippen LogP contribution >= 0.6 is 0 Å². The van der Waals surface area contributed by atoms with Crippen molar-refractivity contribution in [2.75, 3.05) is 25.5 Å². The SMILES string of the molecule is COc1ccc(CCNc2ccc3c(c2)CCNC3)cc1. The number of benzene rings is 2. The fourth-order valence-electron chi connectivity index (χ4n) is 2.73. The fourth-order valence-corrected chi connectivity index (χ4v) is 2.73. The highest BCUT2D eigenvalue weighted by Crippen LogP contribution is 2.19. The summed E-state index contributed by atoms with van der Waals surface area (Å²) < 4.78 is 5.18. The average Bonchev–Trinajstić information content (AvgIpc) is 2.55. The van der Waals surface area contributed by atoms with Gasteiger partial charge in [0.1, 0.15) is 5.75 Å². The first-order valence-electron chi connectivity index (χ1n) is 7.54. The number of fused-ring (bicyclic) bond motifs is 1. The van der Waals surface area contributed by atoms with Crippen molar-refractivity contribution >= 4 is 5.69 Å². The molecule has 1 heterocycles. The van der Waals surface area contributed by atoms with Gasteiger partial charge in [-0.2, -0.15) is 0 Å². The molecule has 1 aliphatic rings. The van der Waals surface area contributed by atoms with Gasteiger partial charge >= 0.3 is 0 Å². The zero-order valence-electron chi connectivity index (χ0n) is 12.5. The Morgan fingerprint density at radius 2 is 1.95 bits per heavy atom. The number of methoxy groups -OCH3 is 1. The lowest BCUT2D eigenvalue weighted by Gasteiger charge is -2.18. The third-order valence-corrected chi connectivity index (χ3v) is 3.99. The molecule has 3 heteroatoms. The molecule has 0 aromatic heterocycles. The Kier molecular flexibility index (Phi) is 4.41. The smallest absolute Gasteiger partial charge is 0.118 e. The summed E-state index contributed by atoms with van der Waals surface area (Å²) in [4.78, 5) is 0. The Morgan fingerprint density at radius 1 is 1.10 bits per heavy atom. The van der Waals surface area contributed by atoms with Gasteiger partial charge in [0, 0.05) is 18.8 Å². The lowest BCUT2D eigenvalue weighted by molar-refractivity contribution is 0.414. The Labute approximate surface area is 126 Å².